The number of nitrogens with zero attached hydrogens (tertiary/aromatic N) is 2. The van der Waals surface area contributed by atoms with Crippen molar-refractivity contribution in [3.8, 4) is 0 Å². The van der Waals surface area contributed by atoms with Gasteiger partial charge in [0.15, 0.2) is 5.84 Å². The van der Waals surface area contributed by atoms with Crippen LogP contribution in [-0.2, 0) is 4.79 Å². The monoisotopic (exact) mass is 334 g/mol. The Labute approximate surface area is 161 Å². The van der Waals surface area contributed by atoms with E-state index in [2.05, 4.69) is 15.3 Å². The Morgan fingerprint density at radius 1 is 1.29 bits per heavy atom. The number of para-hydroxylation sites is 1. The third-order valence-corrected chi connectivity index (χ3v) is 4.34. The second-order valence-electron chi connectivity index (χ2n) is 6.10. The van der Waals surface area contributed by atoms with Crippen molar-refractivity contribution in [2.45, 2.75) is 26.3 Å². The van der Waals surface area contributed by atoms with E-state index in [0.29, 0.717) is 5.52 Å². The zero-order valence-electron chi connectivity index (χ0n) is 14.1. The molecule has 0 saturated heterocycles. The summed E-state index contributed by atoms with van der Waals surface area (Å²) >= 11 is 0. The first-order valence-electron chi connectivity index (χ1n) is 7.37. The molecule has 118 valence electrons. The number of pyridine rings is 1. The van der Waals surface area contributed by atoms with Crippen molar-refractivity contribution in [2.75, 3.05) is 0 Å². The summed E-state index contributed by atoms with van der Waals surface area (Å²) in [6.07, 6.45) is 0. The van der Waals surface area contributed by atoms with Gasteiger partial charge in [-0.1, -0.05) is 32.0 Å². The fraction of sp³-hybridized carbons (Fsp3) is 0.294. The number of hydrogen-bond donors (Lipinski definition) is 2. The van der Waals surface area contributed by atoms with E-state index < -0.39 is 11.5 Å². The third-order valence-electron chi connectivity index (χ3n) is 4.34. The molecule has 7 heteroatoms. The second kappa shape index (κ2) is 6.63. The van der Waals surface area contributed by atoms with E-state index in [9.17, 15) is 14.7 Å². The number of rotatable bonds is 3. The Kier molecular flexibility index (Phi) is 5.13. The summed E-state index contributed by atoms with van der Waals surface area (Å²) < 4.78 is 0. The van der Waals surface area contributed by atoms with E-state index in [1.54, 1.807) is 25.1 Å². The molecule has 0 bridgehead atoms. The van der Waals surface area contributed by atoms with Crippen molar-refractivity contribution < 1.29 is 44.3 Å². The Morgan fingerprint density at radius 3 is 2.54 bits per heavy atom. The molecule has 1 atom stereocenters. The second-order valence-corrected chi connectivity index (χ2v) is 6.10. The van der Waals surface area contributed by atoms with Crippen LogP contribution in [0.15, 0.2) is 35.3 Å². The number of carboxylic acid groups (broad SMARTS) is 1. The van der Waals surface area contributed by atoms with Gasteiger partial charge >= 0.3 is 35.5 Å². The number of aromatic nitrogens is 1. The van der Waals surface area contributed by atoms with E-state index in [0.717, 1.165) is 5.39 Å². The molecule has 2 aromatic rings. The summed E-state index contributed by atoms with van der Waals surface area (Å²) in [6, 6.07) is 8.79. The molecule has 1 aliphatic heterocycles. The van der Waals surface area contributed by atoms with E-state index in [1.165, 1.54) is 0 Å². The molecular formula is C17H17N3NaO3+. The number of hydrogen-bond acceptors (Lipinski definition) is 4. The minimum absolute atomic E-state index is 0. The largest absolute Gasteiger partial charge is 1.00 e. The van der Waals surface area contributed by atoms with Gasteiger partial charge in [0.1, 0.15) is 11.2 Å². The van der Waals surface area contributed by atoms with Crippen LogP contribution in [0.2, 0.25) is 0 Å². The first-order chi connectivity index (χ1) is 10.8. The molecule has 0 saturated carbocycles. The van der Waals surface area contributed by atoms with Crippen molar-refractivity contribution >= 4 is 28.6 Å². The van der Waals surface area contributed by atoms with Crippen LogP contribution in [-0.4, -0.2) is 33.3 Å². The van der Waals surface area contributed by atoms with Gasteiger partial charge in [-0.25, -0.2) is 14.8 Å². The summed E-state index contributed by atoms with van der Waals surface area (Å²) in [5.74, 6) is -1.15. The fourth-order valence-electron chi connectivity index (χ4n) is 2.51. The van der Waals surface area contributed by atoms with Gasteiger partial charge in [-0.15, -0.1) is 0 Å². The number of amidine groups is 1. The zero-order valence-corrected chi connectivity index (χ0v) is 16.1. The SMILES string of the molecule is CC(C)C1(C)N=C(c2nc3ccccc3cc2C(=O)O)NC1=O.[Na+]. The van der Waals surface area contributed by atoms with Crippen LogP contribution in [0.5, 0.6) is 0 Å². The first-order valence-corrected chi connectivity index (χ1v) is 7.37. The Bertz CT molecular complexity index is 863. The van der Waals surface area contributed by atoms with Crippen LogP contribution >= 0.6 is 0 Å². The topological polar surface area (TPSA) is 91.7 Å². The van der Waals surface area contributed by atoms with Crippen LogP contribution in [0, 0.1) is 5.92 Å². The molecule has 0 aliphatic carbocycles. The molecule has 0 fully saturated rings. The number of fused-ring (bicyclic) bond motifs is 1. The van der Waals surface area contributed by atoms with Crippen molar-refractivity contribution in [2.24, 2.45) is 10.9 Å². The maximum Gasteiger partial charge on any atom is 1.00 e. The summed E-state index contributed by atoms with van der Waals surface area (Å²) in [7, 11) is 0. The van der Waals surface area contributed by atoms with Crippen LogP contribution in [0.4, 0.5) is 0 Å². The van der Waals surface area contributed by atoms with Crippen LogP contribution in [0.3, 0.4) is 0 Å². The minimum Gasteiger partial charge on any atom is -0.478 e. The number of carboxylic acids is 1. The molecule has 0 spiro atoms. The smallest absolute Gasteiger partial charge is 0.478 e. The molecular weight excluding hydrogens is 317 g/mol. The van der Waals surface area contributed by atoms with Gasteiger partial charge in [-0.05, 0) is 25.0 Å². The molecule has 1 aliphatic rings. The third kappa shape index (κ3) is 2.97. The summed E-state index contributed by atoms with van der Waals surface area (Å²) in [6.45, 7) is 5.54. The average Bonchev–Trinajstić information content (AvgIpc) is 2.82. The molecule has 24 heavy (non-hydrogen) atoms. The molecule has 2 N–H and O–H groups in total. The van der Waals surface area contributed by atoms with E-state index in [4.69, 9.17) is 0 Å². The predicted molar refractivity (Wildman–Crippen MR) is 86.6 cm³/mol. The van der Waals surface area contributed by atoms with Gasteiger partial charge in [-0.2, -0.15) is 0 Å². The summed E-state index contributed by atoms with van der Waals surface area (Å²) in [5.41, 5.74) is -0.0504. The quantitative estimate of drug-likeness (QED) is 0.721. The van der Waals surface area contributed by atoms with Gasteiger partial charge in [0.2, 0.25) is 0 Å². The van der Waals surface area contributed by atoms with Crippen LogP contribution in [0.25, 0.3) is 10.9 Å². The van der Waals surface area contributed by atoms with Gasteiger partial charge in [0, 0.05) is 5.39 Å². The average molecular weight is 334 g/mol. The number of amides is 1. The molecule has 1 aromatic carbocycles. The van der Waals surface area contributed by atoms with Crippen molar-refractivity contribution in [1.82, 2.24) is 10.3 Å². The molecule has 1 aromatic heterocycles. The van der Waals surface area contributed by atoms with Gasteiger partial charge in [0.05, 0.1) is 11.1 Å². The maximum absolute atomic E-state index is 12.3. The van der Waals surface area contributed by atoms with Gasteiger partial charge < -0.3 is 10.4 Å². The van der Waals surface area contributed by atoms with Crippen molar-refractivity contribution in [1.29, 1.82) is 0 Å². The Balaban J connectivity index is 0.00000208. The number of nitrogens with one attached hydrogen (secondary N) is 1. The van der Waals surface area contributed by atoms with Gasteiger partial charge in [0.25, 0.3) is 5.91 Å². The van der Waals surface area contributed by atoms with Crippen molar-refractivity contribution in [3.63, 3.8) is 0 Å². The number of carbonyl (C=O) groups is 2. The van der Waals surface area contributed by atoms with Crippen LogP contribution < -0.4 is 34.9 Å². The predicted octanol–water partition coefficient (Wildman–Crippen LogP) is -0.772. The van der Waals surface area contributed by atoms with Crippen LogP contribution in [0.1, 0.15) is 36.8 Å². The Hall–Kier alpha value is -1.76. The summed E-state index contributed by atoms with van der Waals surface area (Å²) in [5, 5.41) is 12.9. The standard InChI is InChI=1S/C17H17N3O3.Na/c1-9(2)17(3)16(23)19-14(20-17)13-11(15(21)22)8-10-6-4-5-7-12(10)18-13;/h4-9H,1-3H3,(H,21,22)(H,19,20,23);/q;+1. The van der Waals surface area contributed by atoms with Crippen molar-refractivity contribution in [3.05, 3.63) is 41.6 Å². The van der Waals surface area contributed by atoms with Gasteiger partial charge in [-0.3, -0.25) is 4.79 Å². The zero-order chi connectivity index (χ0) is 16.8. The normalized spacial score (nSPS) is 19.8. The number of carbonyl (C=O) groups excluding carboxylic acids is 1. The fourth-order valence-corrected chi connectivity index (χ4v) is 2.51. The van der Waals surface area contributed by atoms with E-state index >= 15 is 0 Å². The molecule has 6 nitrogen and oxygen atoms in total. The number of aromatic carboxylic acids is 1. The number of aliphatic imine (C=N–C) groups is 1. The Morgan fingerprint density at radius 2 is 1.96 bits per heavy atom. The minimum atomic E-state index is -1.10. The van der Waals surface area contributed by atoms with E-state index in [-0.39, 0.29) is 58.5 Å². The van der Waals surface area contributed by atoms with E-state index in [1.807, 2.05) is 26.0 Å². The number of benzene rings is 1. The summed E-state index contributed by atoms with van der Waals surface area (Å²) in [4.78, 5) is 32.7. The maximum atomic E-state index is 12.3. The first kappa shape index (κ1) is 18.6. The molecule has 1 amide bonds. The molecule has 1 unspecified atom stereocenters. The molecule has 2 heterocycles. The molecule has 3 rings (SSSR count). The molecule has 0 radical (unpaired) electrons.